The van der Waals surface area contributed by atoms with E-state index in [1.807, 2.05) is 6.92 Å². The molecule has 1 aromatic heterocycles. The van der Waals surface area contributed by atoms with Gasteiger partial charge >= 0.3 is 0 Å². The number of aldehydes is 1. The third kappa shape index (κ3) is 2.44. The zero-order valence-electron chi connectivity index (χ0n) is 11.2. The average Bonchev–Trinajstić information content (AvgIpc) is 2.89. The van der Waals surface area contributed by atoms with Crippen molar-refractivity contribution >= 4 is 33.8 Å². The number of ether oxygens (including phenoxy) is 1. The van der Waals surface area contributed by atoms with E-state index < -0.39 is 0 Å². The third-order valence-electron chi connectivity index (χ3n) is 3.20. The molecule has 1 aliphatic heterocycles. The highest BCUT2D eigenvalue weighted by molar-refractivity contribution is 9.10. The van der Waals surface area contributed by atoms with Crippen LogP contribution in [0.1, 0.15) is 17.3 Å². The Kier molecular flexibility index (Phi) is 3.50. The molecule has 2 aromatic rings. The van der Waals surface area contributed by atoms with Gasteiger partial charge in [-0.25, -0.2) is 0 Å². The molecule has 1 amide bonds. The zero-order chi connectivity index (χ0) is 15.0. The molecule has 6 nitrogen and oxygen atoms in total. The molecule has 0 saturated carbocycles. The van der Waals surface area contributed by atoms with Gasteiger partial charge in [-0.3, -0.25) is 14.3 Å². The van der Waals surface area contributed by atoms with Gasteiger partial charge in [0.2, 0.25) is 0 Å². The Hall–Kier alpha value is -2.15. The van der Waals surface area contributed by atoms with Crippen molar-refractivity contribution in [3.05, 3.63) is 28.4 Å². The number of aryl methyl sites for hydroxylation is 1. The number of anilines is 1. The minimum absolute atomic E-state index is 0.0159. The molecule has 0 unspecified atom stereocenters. The molecule has 21 heavy (non-hydrogen) atoms. The lowest BCUT2D eigenvalue weighted by molar-refractivity contribution is -0.118. The van der Waals surface area contributed by atoms with Gasteiger partial charge in [-0.1, -0.05) is 15.9 Å². The van der Waals surface area contributed by atoms with Gasteiger partial charge in [-0.2, -0.15) is 5.10 Å². The number of amides is 1. The fourth-order valence-electron chi connectivity index (χ4n) is 2.18. The Morgan fingerprint density at radius 3 is 3.05 bits per heavy atom. The molecule has 1 aliphatic rings. The summed E-state index contributed by atoms with van der Waals surface area (Å²) in [5, 5.41) is 7.14. The van der Waals surface area contributed by atoms with Crippen LogP contribution in [0.3, 0.4) is 0 Å². The number of nitrogens with one attached hydrogen (secondary N) is 1. The van der Waals surface area contributed by atoms with Crippen LogP contribution < -0.4 is 10.1 Å². The lowest BCUT2D eigenvalue weighted by Crippen LogP contribution is -2.25. The first-order chi connectivity index (χ1) is 10.1. The number of halogens is 1. The van der Waals surface area contributed by atoms with Gasteiger partial charge in [0, 0.05) is 22.8 Å². The number of fused-ring (bicyclic) bond motifs is 1. The van der Waals surface area contributed by atoms with Gasteiger partial charge in [-0.05, 0) is 19.1 Å². The molecular formula is C14H12BrN3O3. The second kappa shape index (κ2) is 5.33. The maximum atomic E-state index is 11.3. The Labute approximate surface area is 129 Å². The van der Waals surface area contributed by atoms with Crippen molar-refractivity contribution in [3.8, 4) is 17.0 Å². The third-order valence-corrected chi connectivity index (χ3v) is 3.85. The van der Waals surface area contributed by atoms with Crippen LogP contribution in [0, 0.1) is 0 Å². The van der Waals surface area contributed by atoms with E-state index in [-0.39, 0.29) is 12.5 Å². The number of hydrogen-bond acceptors (Lipinski definition) is 4. The Morgan fingerprint density at radius 1 is 1.52 bits per heavy atom. The zero-order valence-corrected chi connectivity index (χ0v) is 12.8. The highest BCUT2D eigenvalue weighted by Gasteiger charge is 2.21. The predicted molar refractivity (Wildman–Crippen MR) is 80.5 cm³/mol. The Morgan fingerprint density at radius 2 is 2.33 bits per heavy atom. The number of carbonyl (C=O) groups excluding carboxylic acids is 2. The number of aromatic nitrogens is 2. The van der Waals surface area contributed by atoms with E-state index in [4.69, 9.17) is 4.74 Å². The molecule has 2 heterocycles. The first-order valence-corrected chi connectivity index (χ1v) is 7.21. The van der Waals surface area contributed by atoms with E-state index in [1.165, 1.54) is 0 Å². The van der Waals surface area contributed by atoms with Gasteiger partial charge in [0.05, 0.1) is 11.3 Å². The molecular weight excluding hydrogens is 338 g/mol. The summed E-state index contributed by atoms with van der Waals surface area (Å²) in [7, 11) is 0. The van der Waals surface area contributed by atoms with Crippen molar-refractivity contribution in [1.29, 1.82) is 0 Å². The standard InChI is InChI=1S/C14H12BrN3O3/c1-2-18-5-8(6-19)14(17-18)9-3-12-11(4-10(9)15)16-13(20)7-21-12/h3-6H,2,7H2,1H3,(H,16,20). The lowest BCUT2D eigenvalue weighted by Gasteiger charge is -2.19. The molecule has 3 rings (SSSR count). The van der Waals surface area contributed by atoms with Crippen molar-refractivity contribution in [2.45, 2.75) is 13.5 Å². The molecule has 1 aromatic carbocycles. The monoisotopic (exact) mass is 349 g/mol. The number of rotatable bonds is 3. The number of carbonyl (C=O) groups is 2. The van der Waals surface area contributed by atoms with Crippen molar-refractivity contribution < 1.29 is 14.3 Å². The summed E-state index contributed by atoms with van der Waals surface area (Å²) in [6, 6.07) is 3.52. The van der Waals surface area contributed by atoms with Gasteiger partial charge in [0.15, 0.2) is 12.9 Å². The second-order valence-corrected chi connectivity index (χ2v) is 5.43. The summed E-state index contributed by atoms with van der Waals surface area (Å²) in [5.74, 6) is 0.377. The average molecular weight is 350 g/mol. The molecule has 7 heteroatoms. The fourth-order valence-corrected chi connectivity index (χ4v) is 2.71. The summed E-state index contributed by atoms with van der Waals surface area (Å²) >= 11 is 3.45. The summed E-state index contributed by atoms with van der Waals surface area (Å²) in [6.45, 7) is 2.61. The molecule has 0 bridgehead atoms. The van der Waals surface area contributed by atoms with Crippen molar-refractivity contribution in [2.24, 2.45) is 0 Å². The van der Waals surface area contributed by atoms with Crippen LogP contribution in [-0.4, -0.2) is 28.6 Å². The number of hydrogen-bond donors (Lipinski definition) is 1. The number of benzene rings is 1. The lowest BCUT2D eigenvalue weighted by atomic mass is 10.1. The van der Waals surface area contributed by atoms with E-state index in [1.54, 1.807) is 23.0 Å². The molecule has 0 spiro atoms. The normalized spacial score (nSPS) is 13.3. The molecule has 0 atom stereocenters. The second-order valence-electron chi connectivity index (χ2n) is 4.57. The highest BCUT2D eigenvalue weighted by atomic mass is 79.9. The SMILES string of the molecule is CCn1cc(C=O)c(-c2cc3c(cc2Br)NC(=O)CO3)n1. The molecule has 108 valence electrons. The maximum Gasteiger partial charge on any atom is 0.262 e. The van der Waals surface area contributed by atoms with E-state index in [0.717, 1.165) is 16.3 Å². The summed E-state index contributed by atoms with van der Waals surface area (Å²) in [5.41, 5.74) is 2.45. The predicted octanol–water partition coefficient (Wildman–Crippen LogP) is 2.48. The van der Waals surface area contributed by atoms with Gasteiger partial charge in [0.25, 0.3) is 5.91 Å². The van der Waals surface area contributed by atoms with E-state index in [2.05, 4.69) is 26.3 Å². The minimum atomic E-state index is -0.189. The van der Waals surface area contributed by atoms with Crippen molar-refractivity contribution in [3.63, 3.8) is 0 Å². The quantitative estimate of drug-likeness (QED) is 0.864. The van der Waals surface area contributed by atoms with E-state index in [0.29, 0.717) is 29.2 Å². The van der Waals surface area contributed by atoms with Crippen LogP contribution in [-0.2, 0) is 11.3 Å². The van der Waals surface area contributed by atoms with Crippen LogP contribution in [0.5, 0.6) is 5.75 Å². The number of nitrogens with zero attached hydrogens (tertiary/aromatic N) is 2. The van der Waals surface area contributed by atoms with Gasteiger partial charge in [0.1, 0.15) is 11.4 Å². The topological polar surface area (TPSA) is 73.2 Å². The first-order valence-electron chi connectivity index (χ1n) is 6.41. The van der Waals surface area contributed by atoms with Crippen LogP contribution >= 0.6 is 15.9 Å². The summed E-state index contributed by atoms with van der Waals surface area (Å²) in [4.78, 5) is 22.5. The fraction of sp³-hybridized carbons (Fsp3) is 0.214. The van der Waals surface area contributed by atoms with E-state index in [9.17, 15) is 9.59 Å². The van der Waals surface area contributed by atoms with Crippen LogP contribution in [0.2, 0.25) is 0 Å². The Bertz CT molecular complexity index is 739. The summed E-state index contributed by atoms with van der Waals surface area (Å²) in [6.07, 6.45) is 2.49. The molecule has 0 saturated heterocycles. The molecule has 1 N–H and O–H groups in total. The first kappa shape index (κ1) is 13.8. The molecule has 0 fully saturated rings. The van der Waals surface area contributed by atoms with E-state index >= 15 is 0 Å². The minimum Gasteiger partial charge on any atom is -0.482 e. The molecule has 0 aliphatic carbocycles. The van der Waals surface area contributed by atoms with Gasteiger partial charge < -0.3 is 10.1 Å². The Balaban J connectivity index is 2.13. The highest BCUT2D eigenvalue weighted by Crippen LogP contribution is 2.38. The molecule has 0 radical (unpaired) electrons. The van der Waals surface area contributed by atoms with Crippen LogP contribution in [0.15, 0.2) is 22.8 Å². The maximum absolute atomic E-state index is 11.3. The summed E-state index contributed by atoms with van der Waals surface area (Å²) < 4.78 is 7.84. The van der Waals surface area contributed by atoms with Crippen molar-refractivity contribution in [1.82, 2.24) is 9.78 Å². The van der Waals surface area contributed by atoms with Gasteiger partial charge in [-0.15, -0.1) is 0 Å². The van der Waals surface area contributed by atoms with Crippen LogP contribution in [0.4, 0.5) is 5.69 Å². The van der Waals surface area contributed by atoms with Crippen LogP contribution in [0.25, 0.3) is 11.3 Å². The largest absolute Gasteiger partial charge is 0.482 e. The van der Waals surface area contributed by atoms with Crippen molar-refractivity contribution in [2.75, 3.05) is 11.9 Å². The smallest absolute Gasteiger partial charge is 0.262 e.